The molecule has 0 amide bonds. The monoisotopic (exact) mass is 635 g/mol. The Morgan fingerprint density at radius 3 is 1.86 bits per heavy atom. The lowest BCUT2D eigenvalue weighted by Gasteiger charge is -2.57. The molecule has 6 aromatic rings. The summed E-state index contributed by atoms with van der Waals surface area (Å²) in [6.07, 6.45) is 8.52. The highest BCUT2D eigenvalue weighted by Crippen LogP contribution is 2.61. The van der Waals surface area contributed by atoms with Crippen LogP contribution in [0.1, 0.15) is 74.6 Å². The topological polar surface area (TPSA) is 3.24 Å². The zero-order valence-corrected chi connectivity index (χ0v) is 29.0. The number of fused-ring (bicyclic) bond motifs is 4. The highest BCUT2D eigenvalue weighted by atomic mass is 15.1. The molecule has 242 valence electrons. The Morgan fingerprint density at radius 1 is 0.510 bits per heavy atom. The summed E-state index contributed by atoms with van der Waals surface area (Å²) in [5.41, 5.74) is 15.0. The van der Waals surface area contributed by atoms with Gasteiger partial charge >= 0.3 is 0 Å². The summed E-state index contributed by atoms with van der Waals surface area (Å²) < 4.78 is 0. The quantitative estimate of drug-likeness (QED) is 0.182. The molecule has 6 aromatic carbocycles. The van der Waals surface area contributed by atoms with E-state index in [4.69, 9.17) is 0 Å². The Hall–Kier alpha value is -4.62. The molecular weight excluding hydrogens is 591 g/mol. The SMILES string of the molecule is Cc1ccccc1-c1cc2ccccc2cc1N(c1cccc(C23CC4CC(CC(C4)C2)C3)c1)c1ccc2c(c1)C(C)(C)c1ccccc1-2. The molecular formula is C48H45N. The van der Waals surface area contributed by atoms with Gasteiger partial charge in [0.05, 0.1) is 5.69 Å². The van der Waals surface area contributed by atoms with Gasteiger partial charge in [-0.25, -0.2) is 0 Å². The minimum atomic E-state index is -0.0725. The number of nitrogens with zero attached hydrogens (tertiary/aromatic N) is 1. The average Bonchev–Trinajstić information content (AvgIpc) is 3.34. The van der Waals surface area contributed by atoms with Crippen molar-refractivity contribution < 1.29 is 0 Å². The lowest BCUT2D eigenvalue weighted by atomic mass is 9.48. The molecule has 0 N–H and O–H groups in total. The van der Waals surface area contributed by atoms with Gasteiger partial charge in [0.25, 0.3) is 0 Å². The van der Waals surface area contributed by atoms with E-state index in [0.717, 1.165) is 17.8 Å². The van der Waals surface area contributed by atoms with Crippen LogP contribution >= 0.6 is 0 Å². The molecule has 5 aliphatic carbocycles. The Morgan fingerprint density at radius 2 is 1.12 bits per heavy atom. The molecule has 1 nitrogen and oxygen atoms in total. The summed E-state index contributed by atoms with van der Waals surface area (Å²) in [6, 6.07) is 48.7. The summed E-state index contributed by atoms with van der Waals surface area (Å²) in [4.78, 5) is 2.59. The summed E-state index contributed by atoms with van der Waals surface area (Å²) in [6.45, 7) is 7.05. The normalized spacial score (nSPS) is 24.2. The van der Waals surface area contributed by atoms with Crippen molar-refractivity contribution in [2.45, 2.75) is 70.1 Å². The van der Waals surface area contributed by atoms with E-state index in [-0.39, 0.29) is 5.41 Å². The number of rotatable bonds is 5. The fourth-order valence-electron chi connectivity index (χ4n) is 11.2. The predicted octanol–water partition coefficient (Wildman–Crippen LogP) is 13.1. The van der Waals surface area contributed by atoms with Crippen LogP contribution in [0.3, 0.4) is 0 Å². The molecule has 0 radical (unpaired) electrons. The maximum atomic E-state index is 2.59. The second kappa shape index (κ2) is 10.7. The van der Waals surface area contributed by atoms with Crippen LogP contribution in [-0.2, 0) is 10.8 Å². The van der Waals surface area contributed by atoms with Crippen molar-refractivity contribution in [1.29, 1.82) is 0 Å². The zero-order valence-electron chi connectivity index (χ0n) is 29.0. The second-order valence-corrected chi connectivity index (χ2v) is 16.5. The van der Waals surface area contributed by atoms with E-state index in [1.54, 1.807) is 5.56 Å². The number of hydrogen-bond acceptors (Lipinski definition) is 1. The summed E-state index contributed by atoms with van der Waals surface area (Å²) in [5, 5.41) is 2.54. The van der Waals surface area contributed by atoms with Crippen LogP contribution in [0.25, 0.3) is 33.0 Å². The van der Waals surface area contributed by atoms with E-state index in [2.05, 4.69) is 153 Å². The Labute approximate surface area is 291 Å². The molecule has 5 aliphatic rings. The van der Waals surface area contributed by atoms with Crippen molar-refractivity contribution in [3.63, 3.8) is 0 Å². The highest BCUT2D eigenvalue weighted by molar-refractivity contribution is 5.99. The molecule has 0 heterocycles. The fourth-order valence-corrected chi connectivity index (χ4v) is 11.2. The molecule has 0 atom stereocenters. The van der Waals surface area contributed by atoms with Gasteiger partial charge in [-0.3, -0.25) is 0 Å². The molecule has 0 aromatic heterocycles. The van der Waals surface area contributed by atoms with E-state index in [1.807, 2.05) is 0 Å². The molecule has 4 bridgehead atoms. The van der Waals surface area contributed by atoms with Crippen LogP contribution in [0.15, 0.2) is 127 Å². The lowest BCUT2D eigenvalue weighted by molar-refractivity contribution is -0.00516. The van der Waals surface area contributed by atoms with Crippen molar-refractivity contribution >= 4 is 27.8 Å². The minimum absolute atomic E-state index is 0.0725. The van der Waals surface area contributed by atoms with Crippen molar-refractivity contribution in [2.75, 3.05) is 4.90 Å². The van der Waals surface area contributed by atoms with Gasteiger partial charge in [-0.15, -0.1) is 0 Å². The highest BCUT2D eigenvalue weighted by Gasteiger charge is 2.51. The van der Waals surface area contributed by atoms with Gasteiger partial charge in [0.1, 0.15) is 0 Å². The molecule has 0 unspecified atom stereocenters. The van der Waals surface area contributed by atoms with Crippen LogP contribution in [0, 0.1) is 24.7 Å². The van der Waals surface area contributed by atoms with Gasteiger partial charge < -0.3 is 4.90 Å². The van der Waals surface area contributed by atoms with E-state index >= 15 is 0 Å². The van der Waals surface area contributed by atoms with Crippen LogP contribution in [0.4, 0.5) is 17.1 Å². The third kappa shape index (κ3) is 4.51. The summed E-state index contributed by atoms with van der Waals surface area (Å²) in [7, 11) is 0. The number of benzene rings is 6. The van der Waals surface area contributed by atoms with Crippen LogP contribution < -0.4 is 4.90 Å². The zero-order chi connectivity index (χ0) is 32.9. The average molecular weight is 636 g/mol. The van der Waals surface area contributed by atoms with Crippen LogP contribution in [-0.4, -0.2) is 0 Å². The van der Waals surface area contributed by atoms with Crippen molar-refractivity contribution in [3.8, 4) is 22.3 Å². The van der Waals surface area contributed by atoms with Crippen molar-refractivity contribution in [3.05, 3.63) is 150 Å². The molecule has 0 spiro atoms. The van der Waals surface area contributed by atoms with Gasteiger partial charge in [-0.1, -0.05) is 105 Å². The molecule has 11 rings (SSSR count). The summed E-state index contributed by atoms with van der Waals surface area (Å²) in [5.74, 6) is 2.75. The standard InChI is InChI=1S/C48H45N/c1-31-11-4-7-16-40(31)43-24-35-12-5-6-13-36(35)25-46(43)49(39-19-20-42-41-17-8-9-18-44(41)47(2,3)45(42)27-39)38-15-10-14-37(26-38)48-28-32-21-33(29-48)23-34(22-32)30-48/h4-20,24-27,32-34H,21-23,28-30H2,1-3H3. The van der Waals surface area contributed by atoms with E-state index in [0.29, 0.717) is 5.41 Å². The third-order valence-corrected chi connectivity index (χ3v) is 13.1. The second-order valence-electron chi connectivity index (χ2n) is 16.5. The maximum Gasteiger partial charge on any atom is 0.0546 e. The van der Waals surface area contributed by atoms with Gasteiger partial charge in [-0.2, -0.15) is 0 Å². The Balaban J connectivity index is 1.21. The number of anilines is 3. The molecule has 1 heteroatoms. The van der Waals surface area contributed by atoms with Gasteiger partial charge in [0.15, 0.2) is 0 Å². The first-order valence-electron chi connectivity index (χ1n) is 18.6. The Bertz CT molecular complexity index is 2230. The largest absolute Gasteiger partial charge is 0.310 e. The van der Waals surface area contributed by atoms with Crippen molar-refractivity contribution in [1.82, 2.24) is 0 Å². The number of aryl methyl sites for hydroxylation is 1. The van der Waals surface area contributed by atoms with E-state index in [9.17, 15) is 0 Å². The van der Waals surface area contributed by atoms with Gasteiger partial charge in [-0.05, 0) is 155 Å². The molecule has 49 heavy (non-hydrogen) atoms. The first kappa shape index (κ1) is 29.3. The predicted molar refractivity (Wildman–Crippen MR) is 206 cm³/mol. The molecule has 0 saturated heterocycles. The third-order valence-electron chi connectivity index (χ3n) is 13.1. The Kier molecular flexibility index (Phi) is 6.39. The van der Waals surface area contributed by atoms with E-state index in [1.165, 1.54) is 105 Å². The lowest BCUT2D eigenvalue weighted by Crippen LogP contribution is -2.48. The van der Waals surface area contributed by atoms with Crippen molar-refractivity contribution in [2.24, 2.45) is 17.8 Å². The van der Waals surface area contributed by atoms with Gasteiger partial charge in [0, 0.05) is 22.4 Å². The summed E-state index contributed by atoms with van der Waals surface area (Å²) >= 11 is 0. The smallest absolute Gasteiger partial charge is 0.0546 e. The first-order valence-corrected chi connectivity index (χ1v) is 18.6. The maximum absolute atomic E-state index is 2.59. The van der Waals surface area contributed by atoms with Crippen LogP contribution in [0.5, 0.6) is 0 Å². The minimum Gasteiger partial charge on any atom is -0.310 e. The fraction of sp³-hybridized carbons (Fsp3) is 0.292. The van der Waals surface area contributed by atoms with Crippen LogP contribution in [0.2, 0.25) is 0 Å². The molecule has 4 fully saturated rings. The van der Waals surface area contributed by atoms with Gasteiger partial charge in [0.2, 0.25) is 0 Å². The molecule has 4 saturated carbocycles. The molecule has 0 aliphatic heterocycles. The number of hydrogen-bond donors (Lipinski definition) is 0. The first-order chi connectivity index (χ1) is 23.9. The van der Waals surface area contributed by atoms with E-state index < -0.39 is 0 Å².